The summed E-state index contributed by atoms with van der Waals surface area (Å²) in [6, 6.07) is 14.2. The summed E-state index contributed by atoms with van der Waals surface area (Å²) in [5.41, 5.74) is 6.18. The predicted octanol–water partition coefficient (Wildman–Crippen LogP) is 5.83. The van der Waals surface area contributed by atoms with E-state index >= 15 is 0 Å². The molecular formula is C23H23N5OS2. The standard InChI is InChI=1S/C23H23N5OS2/c1-14-5-8-18(9-6-14)21-25-22(27-26-21)30-12-19-13-31-23(24-19)28(17(4)29)20-10-7-15(2)11-16(20)3/h5-11,13H,12H2,1-4H3,(H,25,26,27). The van der Waals surface area contributed by atoms with Crippen molar-refractivity contribution in [1.82, 2.24) is 20.2 Å². The minimum Gasteiger partial charge on any atom is -0.274 e. The fourth-order valence-corrected chi connectivity index (χ4v) is 4.90. The Morgan fingerprint density at radius 3 is 2.52 bits per heavy atom. The second-order valence-corrected chi connectivity index (χ2v) is 9.17. The Morgan fingerprint density at radius 1 is 1.06 bits per heavy atom. The number of rotatable bonds is 6. The van der Waals surface area contributed by atoms with Gasteiger partial charge in [-0.05, 0) is 32.4 Å². The molecule has 0 aliphatic rings. The van der Waals surface area contributed by atoms with Crippen LogP contribution in [0.1, 0.15) is 29.3 Å². The predicted molar refractivity (Wildman–Crippen MR) is 127 cm³/mol. The Balaban J connectivity index is 1.47. The number of carbonyl (C=O) groups is 1. The summed E-state index contributed by atoms with van der Waals surface area (Å²) in [5.74, 6) is 1.32. The maximum atomic E-state index is 12.4. The summed E-state index contributed by atoms with van der Waals surface area (Å²) >= 11 is 2.98. The second kappa shape index (κ2) is 9.03. The molecule has 0 aliphatic heterocycles. The molecule has 0 unspecified atom stereocenters. The van der Waals surface area contributed by atoms with Crippen LogP contribution < -0.4 is 4.90 Å². The Hall–Kier alpha value is -2.97. The Kier molecular flexibility index (Phi) is 6.20. The van der Waals surface area contributed by atoms with E-state index in [2.05, 4.69) is 40.3 Å². The molecule has 0 saturated heterocycles. The van der Waals surface area contributed by atoms with Gasteiger partial charge in [0.25, 0.3) is 0 Å². The number of benzene rings is 2. The average Bonchev–Trinajstić information content (AvgIpc) is 3.38. The number of carbonyl (C=O) groups excluding carboxylic acids is 1. The lowest BCUT2D eigenvalue weighted by molar-refractivity contribution is -0.115. The first kappa shape index (κ1) is 21.3. The Morgan fingerprint density at radius 2 is 1.81 bits per heavy atom. The normalized spacial score (nSPS) is 11.0. The van der Waals surface area contributed by atoms with E-state index in [1.54, 1.807) is 11.8 Å². The van der Waals surface area contributed by atoms with Crippen molar-refractivity contribution in [3.05, 3.63) is 70.2 Å². The highest BCUT2D eigenvalue weighted by Crippen LogP contribution is 2.33. The van der Waals surface area contributed by atoms with Crippen molar-refractivity contribution < 1.29 is 4.79 Å². The molecule has 4 aromatic rings. The molecule has 158 valence electrons. The number of nitrogens with zero attached hydrogens (tertiary/aromatic N) is 4. The summed E-state index contributed by atoms with van der Waals surface area (Å²) in [5, 5.41) is 10.6. The van der Waals surface area contributed by atoms with Crippen LogP contribution in [0.5, 0.6) is 0 Å². The molecule has 0 radical (unpaired) electrons. The van der Waals surface area contributed by atoms with Crippen LogP contribution in [0.3, 0.4) is 0 Å². The number of aromatic amines is 1. The van der Waals surface area contributed by atoms with Gasteiger partial charge in [-0.3, -0.25) is 14.8 Å². The molecule has 0 saturated carbocycles. The zero-order valence-corrected chi connectivity index (χ0v) is 19.5. The van der Waals surface area contributed by atoms with E-state index in [0.29, 0.717) is 16.0 Å². The first-order valence-electron chi connectivity index (χ1n) is 9.85. The molecule has 2 aromatic heterocycles. The molecular weight excluding hydrogens is 426 g/mol. The number of thiazole rings is 1. The molecule has 2 aromatic carbocycles. The zero-order chi connectivity index (χ0) is 22.0. The number of thioether (sulfide) groups is 1. The third kappa shape index (κ3) is 4.86. The highest BCUT2D eigenvalue weighted by Gasteiger charge is 2.20. The van der Waals surface area contributed by atoms with Crippen molar-refractivity contribution in [3.63, 3.8) is 0 Å². The molecule has 1 amide bonds. The fourth-order valence-electron chi connectivity index (χ4n) is 3.22. The van der Waals surface area contributed by atoms with Crippen LogP contribution >= 0.6 is 23.1 Å². The molecule has 0 aliphatic carbocycles. The van der Waals surface area contributed by atoms with Crippen molar-refractivity contribution in [1.29, 1.82) is 0 Å². The second-order valence-electron chi connectivity index (χ2n) is 7.39. The summed E-state index contributed by atoms with van der Waals surface area (Å²) in [7, 11) is 0. The van der Waals surface area contributed by atoms with Gasteiger partial charge in [0.05, 0.1) is 11.4 Å². The van der Waals surface area contributed by atoms with Gasteiger partial charge < -0.3 is 0 Å². The summed E-state index contributed by atoms with van der Waals surface area (Å²) in [4.78, 5) is 23.3. The van der Waals surface area contributed by atoms with Crippen LogP contribution in [0, 0.1) is 20.8 Å². The molecule has 31 heavy (non-hydrogen) atoms. The maximum absolute atomic E-state index is 12.4. The van der Waals surface area contributed by atoms with E-state index in [4.69, 9.17) is 4.98 Å². The number of aryl methyl sites for hydroxylation is 3. The highest BCUT2D eigenvalue weighted by atomic mass is 32.2. The van der Waals surface area contributed by atoms with Gasteiger partial charge >= 0.3 is 0 Å². The number of amides is 1. The molecule has 8 heteroatoms. The maximum Gasteiger partial charge on any atom is 0.230 e. The molecule has 4 rings (SSSR count). The molecule has 0 spiro atoms. The van der Waals surface area contributed by atoms with E-state index in [1.165, 1.54) is 28.7 Å². The lowest BCUT2D eigenvalue weighted by Gasteiger charge is -2.20. The van der Waals surface area contributed by atoms with Gasteiger partial charge in [-0.1, -0.05) is 59.3 Å². The fraction of sp³-hybridized carbons (Fsp3) is 0.217. The SMILES string of the molecule is CC(=O)N(c1nc(CSc2n[nH]c(-c3ccc(C)cc3)n2)cs1)c1ccc(C)cc1C. The van der Waals surface area contributed by atoms with Crippen LogP contribution in [0.2, 0.25) is 0 Å². The lowest BCUT2D eigenvalue weighted by Crippen LogP contribution is -2.23. The first-order chi connectivity index (χ1) is 14.9. The molecule has 6 nitrogen and oxygen atoms in total. The lowest BCUT2D eigenvalue weighted by atomic mass is 10.1. The van der Waals surface area contributed by atoms with Crippen molar-refractivity contribution in [2.45, 2.75) is 38.6 Å². The third-order valence-electron chi connectivity index (χ3n) is 4.78. The molecule has 1 N–H and O–H groups in total. The number of hydrogen-bond acceptors (Lipinski definition) is 6. The molecule has 0 atom stereocenters. The van der Waals surface area contributed by atoms with Gasteiger partial charge in [-0.2, -0.15) is 0 Å². The monoisotopic (exact) mass is 449 g/mol. The van der Waals surface area contributed by atoms with E-state index < -0.39 is 0 Å². The largest absolute Gasteiger partial charge is 0.274 e. The Bertz CT molecular complexity index is 1210. The van der Waals surface area contributed by atoms with Crippen molar-refractivity contribution in [2.75, 3.05) is 4.90 Å². The van der Waals surface area contributed by atoms with E-state index in [0.717, 1.165) is 33.9 Å². The smallest absolute Gasteiger partial charge is 0.230 e. The number of H-pyrrole nitrogens is 1. The van der Waals surface area contributed by atoms with E-state index in [-0.39, 0.29) is 5.91 Å². The summed E-state index contributed by atoms with van der Waals surface area (Å²) < 4.78 is 0. The number of aromatic nitrogens is 4. The third-order valence-corrected chi connectivity index (χ3v) is 6.53. The highest BCUT2D eigenvalue weighted by molar-refractivity contribution is 7.98. The molecule has 0 bridgehead atoms. The topological polar surface area (TPSA) is 74.8 Å². The van der Waals surface area contributed by atoms with Crippen LogP contribution in [-0.2, 0) is 10.5 Å². The van der Waals surface area contributed by atoms with Gasteiger partial charge in [0.1, 0.15) is 0 Å². The Labute approximate surface area is 189 Å². The van der Waals surface area contributed by atoms with Crippen molar-refractivity contribution in [2.24, 2.45) is 0 Å². The average molecular weight is 450 g/mol. The number of anilines is 2. The van der Waals surface area contributed by atoms with Gasteiger partial charge in [-0.15, -0.1) is 16.4 Å². The number of hydrogen-bond donors (Lipinski definition) is 1. The minimum atomic E-state index is -0.0581. The van der Waals surface area contributed by atoms with E-state index in [9.17, 15) is 4.79 Å². The quantitative estimate of drug-likeness (QED) is 0.375. The van der Waals surface area contributed by atoms with Crippen LogP contribution in [-0.4, -0.2) is 26.1 Å². The van der Waals surface area contributed by atoms with Crippen LogP contribution in [0.15, 0.2) is 53.0 Å². The van der Waals surface area contributed by atoms with Crippen LogP contribution in [0.4, 0.5) is 10.8 Å². The van der Waals surface area contributed by atoms with E-state index in [1.807, 2.05) is 43.5 Å². The molecule has 0 fully saturated rings. The van der Waals surface area contributed by atoms with Gasteiger partial charge in [0.15, 0.2) is 11.0 Å². The summed E-state index contributed by atoms with van der Waals surface area (Å²) in [6.07, 6.45) is 0. The number of nitrogens with one attached hydrogen (secondary N) is 1. The van der Waals surface area contributed by atoms with Gasteiger partial charge in [0.2, 0.25) is 11.1 Å². The van der Waals surface area contributed by atoms with Crippen molar-refractivity contribution >= 4 is 39.8 Å². The zero-order valence-electron chi connectivity index (χ0n) is 17.8. The van der Waals surface area contributed by atoms with Crippen molar-refractivity contribution in [3.8, 4) is 11.4 Å². The summed E-state index contributed by atoms with van der Waals surface area (Å²) in [6.45, 7) is 7.68. The van der Waals surface area contributed by atoms with Gasteiger partial charge in [0, 0.05) is 23.6 Å². The van der Waals surface area contributed by atoms with Gasteiger partial charge in [-0.25, -0.2) is 9.97 Å². The molecule has 2 heterocycles. The van der Waals surface area contributed by atoms with Crippen LogP contribution in [0.25, 0.3) is 11.4 Å². The minimum absolute atomic E-state index is 0.0581. The first-order valence-corrected chi connectivity index (χ1v) is 11.7.